The van der Waals surface area contributed by atoms with Crippen molar-refractivity contribution in [1.82, 2.24) is 14.9 Å². The predicted molar refractivity (Wildman–Crippen MR) is 64.7 cm³/mol. The van der Waals surface area contributed by atoms with Crippen molar-refractivity contribution in [2.45, 2.75) is 31.7 Å². The molecule has 3 atom stereocenters. The van der Waals surface area contributed by atoms with E-state index in [1.165, 1.54) is 10.8 Å². The molecule has 1 aromatic heterocycles. The molecule has 0 unspecified atom stereocenters. The van der Waals surface area contributed by atoms with E-state index in [1.54, 1.807) is 6.92 Å². The third kappa shape index (κ3) is 2.59. The van der Waals surface area contributed by atoms with E-state index in [9.17, 15) is 14.4 Å². The van der Waals surface area contributed by atoms with E-state index in [1.807, 2.05) is 0 Å². The van der Waals surface area contributed by atoms with Crippen molar-refractivity contribution in [2.75, 3.05) is 6.61 Å². The number of aliphatic hydroxyl groups excluding tert-OH is 1. The van der Waals surface area contributed by atoms with Crippen molar-refractivity contribution in [3.8, 4) is 0 Å². The van der Waals surface area contributed by atoms with Gasteiger partial charge in [0.25, 0.3) is 5.56 Å². The Morgan fingerprint density at radius 1 is 1.63 bits per heavy atom. The van der Waals surface area contributed by atoms with Crippen molar-refractivity contribution in [3.05, 3.63) is 32.6 Å². The highest BCUT2D eigenvalue weighted by molar-refractivity contribution is 5.47. The molecule has 0 bridgehead atoms. The minimum absolute atomic E-state index is 0.265. The van der Waals surface area contributed by atoms with Crippen molar-refractivity contribution in [2.24, 2.45) is 0 Å². The standard InChI is InChI=1S/C11H15N3O5/c1-6-3-14(11(18)13-10(6)17)9-2-7(12-5-16)8(4-15)19-9/h3,5,7-9,15H,2,4H2,1H3,(H,12,16)(H,13,17,18)/t7-,8-,9-/m1/s1. The van der Waals surface area contributed by atoms with Gasteiger partial charge < -0.3 is 15.2 Å². The van der Waals surface area contributed by atoms with Crippen LogP contribution >= 0.6 is 0 Å². The second-order valence-corrected chi connectivity index (χ2v) is 4.42. The molecule has 0 spiro atoms. The Kier molecular flexibility index (Phi) is 3.82. The molecule has 104 valence electrons. The number of amides is 1. The van der Waals surface area contributed by atoms with Crippen molar-refractivity contribution < 1.29 is 14.6 Å². The van der Waals surface area contributed by atoms with Gasteiger partial charge in [-0.2, -0.15) is 0 Å². The van der Waals surface area contributed by atoms with Gasteiger partial charge in [0, 0.05) is 18.2 Å². The number of hydrogen-bond donors (Lipinski definition) is 3. The fourth-order valence-corrected chi connectivity index (χ4v) is 2.13. The van der Waals surface area contributed by atoms with Crippen LogP contribution in [-0.2, 0) is 9.53 Å². The van der Waals surface area contributed by atoms with Gasteiger partial charge in [0.1, 0.15) is 12.3 Å². The first-order valence-corrected chi connectivity index (χ1v) is 5.85. The Morgan fingerprint density at radius 3 is 3.00 bits per heavy atom. The Morgan fingerprint density at radius 2 is 2.37 bits per heavy atom. The van der Waals surface area contributed by atoms with Gasteiger partial charge in [0.05, 0.1) is 12.6 Å². The molecule has 2 heterocycles. The molecular weight excluding hydrogens is 254 g/mol. The highest BCUT2D eigenvalue weighted by Gasteiger charge is 2.36. The highest BCUT2D eigenvalue weighted by atomic mass is 16.5. The number of carbonyl (C=O) groups excluding carboxylic acids is 1. The van der Waals surface area contributed by atoms with E-state index < -0.39 is 23.6 Å². The van der Waals surface area contributed by atoms with Crippen LogP contribution in [0.4, 0.5) is 0 Å². The van der Waals surface area contributed by atoms with E-state index in [2.05, 4.69) is 10.3 Å². The van der Waals surface area contributed by atoms with Crippen LogP contribution in [0.2, 0.25) is 0 Å². The average molecular weight is 269 g/mol. The molecule has 1 aliphatic heterocycles. The van der Waals surface area contributed by atoms with E-state index in [4.69, 9.17) is 9.84 Å². The molecule has 0 aliphatic carbocycles. The Labute approximate surface area is 108 Å². The number of nitrogens with one attached hydrogen (secondary N) is 2. The lowest BCUT2D eigenvalue weighted by Gasteiger charge is -2.15. The van der Waals surface area contributed by atoms with Gasteiger partial charge in [-0.15, -0.1) is 0 Å². The number of aliphatic hydroxyl groups is 1. The van der Waals surface area contributed by atoms with Crippen LogP contribution < -0.4 is 16.6 Å². The molecule has 1 aromatic rings. The number of aromatic amines is 1. The van der Waals surface area contributed by atoms with Gasteiger partial charge in [0.15, 0.2) is 0 Å². The lowest BCUT2D eigenvalue weighted by atomic mass is 10.1. The minimum atomic E-state index is -0.627. The van der Waals surface area contributed by atoms with Crippen molar-refractivity contribution >= 4 is 6.41 Å². The van der Waals surface area contributed by atoms with Gasteiger partial charge in [-0.1, -0.05) is 0 Å². The van der Waals surface area contributed by atoms with Crippen molar-refractivity contribution in [3.63, 3.8) is 0 Å². The maximum atomic E-state index is 11.7. The lowest BCUT2D eigenvalue weighted by Crippen LogP contribution is -2.37. The summed E-state index contributed by atoms with van der Waals surface area (Å²) in [6.45, 7) is 1.31. The SMILES string of the molecule is Cc1cn([C@H]2C[C@@H](NC=O)[C@@H](CO)O2)c(=O)[nH]c1=O. The molecule has 8 nitrogen and oxygen atoms in total. The monoisotopic (exact) mass is 269 g/mol. The number of carbonyl (C=O) groups is 1. The number of nitrogens with zero attached hydrogens (tertiary/aromatic N) is 1. The summed E-state index contributed by atoms with van der Waals surface area (Å²) < 4.78 is 6.76. The Balaban J connectivity index is 2.29. The van der Waals surface area contributed by atoms with Crippen LogP contribution in [0.3, 0.4) is 0 Å². The number of H-pyrrole nitrogens is 1. The summed E-state index contributed by atoms with van der Waals surface area (Å²) in [5, 5.41) is 11.7. The first-order valence-electron chi connectivity index (χ1n) is 5.85. The smallest absolute Gasteiger partial charge is 0.330 e. The fourth-order valence-electron chi connectivity index (χ4n) is 2.13. The molecule has 8 heteroatoms. The van der Waals surface area contributed by atoms with E-state index >= 15 is 0 Å². The van der Waals surface area contributed by atoms with Gasteiger partial charge in [-0.25, -0.2) is 4.79 Å². The molecule has 0 saturated carbocycles. The number of ether oxygens (including phenoxy) is 1. The molecule has 0 radical (unpaired) electrons. The van der Waals surface area contributed by atoms with Crippen LogP contribution in [0, 0.1) is 6.92 Å². The molecule has 1 saturated heterocycles. The summed E-state index contributed by atoms with van der Waals surface area (Å²) in [4.78, 5) is 35.6. The number of aromatic nitrogens is 2. The Hall–Kier alpha value is -1.93. The maximum Gasteiger partial charge on any atom is 0.330 e. The van der Waals surface area contributed by atoms with Crippen molar-refractivity contribution in [1.29, 1.82) is 0 Å². The van der Waals surface area contributed by atoms with Crippen LogP contribution in [0.25, 0.3) is 0 Å². The first-order chi connectivity index (χ1) is 9.06. The zero-order valence-electron chi connectivity index (χ0n) is 10.3. The van der Waals surface area contributed by atoms with Crippen LogP contribution in [-0.4, -0.2) is 39.8 Å². The quantitative estimate of drug-likeness (QED) is 0.560. The Bertz CT molecular complexity index is 578. The molecule has 1 fully saturated rings. The van der Waals surface area contributed by atoms with Gasteiger partial charge in [0.2, 0.25) is 6.41 Å². The third-order valence-corrected chi connectivity index (χ3v) is 3.15. The fraction of sp³-hybridized carbons (Fsp3) is 0.545. The molecular formula is C11H15N3O5. The average Bonchev–Trinajstić information content (AvgIpc) is 2.77. The summed E-state index contributed by atoms with van der Waals surface area (Å²) in [5.41, 5.74) is -0.639. The molecule has 1 aliphatic rings. The van der Waals surface area contributed by atoms with Gasteiger partial charge in [-0.05, 0) is 6.92 Å². The molecule has 1 amide bonds. The summed E-state index contributed by atoms with van der Waals surface area (Å²) in [7, 11) is 0. The van der Waals surface area contributed by atoms with E-state index in [0.717, 1.165) is 0 Å². The zero-order chi connectivity index (χ0) is 14.0. The van der Waals surface area contributed by atoms with E-state index in [0.29, 0.717) is 18.4 Å². The molecule has 19 heavy (non-hydrogen) atoms. The summed E-state index contributed by atoms with van der Waals surface area (Å²) in [6.07, 6.45) is 1.07. The van der Waals surface area contributed by atoms with Gasteiger partial charge >= 0.3 is 5.69 Å². The second kappa shape index (κ2) is 5.37. The topological polar surface area (TPSA) is 113 Å². The largest absolute Gasteiger partial charge is 0.394 e. The summed E-state index contributed by atoms with van der Waals surface area (Å²) in [5.74, 6) is 0. The van der Waals surface area contributed by atoms with Gasteiger partial charge in [-0.3, -0.25) is 19.1 Å². The third-order valence-electron chi connectivity index (χ3n) is 3.15. The van der Waals surface area contributed by atoms with Crippen LogP contribution in [0.15, 0.2) is 15.8 Å². The maximum absolute atomic E-state index is 11.7. The number of rotatable bonds is 4. The lowest BCUT2D eigenvalue weighted by molar-refractivity contribution is -0.110. The molecule has 0 aromatic carbocycles. The van der Waals surface area contributed by atoms with Crippen LogP contribution in [0.5, 0.6) is 0 Å². The normalized spacial score (nSPS) is 26.3. The predicted octanol–water partition coefficient (Wildman–Crippen LogP) is -1.76. The second-order valence-electron chi connectivity index (χ2n) is 4.42. The summed E-state index contributed by atoms with van der Waals surface area (Å²) in [6, 6.07) is -0.369. The molecule has 3 N–H and O–H groups in total. The minimum Gasteiger partial charge on any atom is -0.394 e. The van der Waals surface area contributed by atoms with Crippen LogP contribution in [0.1, 0.15) is 18.2 Å². The number of hydrogen-bond acceptors (Lipinski definition) is 5. The molecule has 2 rings (SSSR count). The highest BCUT2D eigenvalue weighted by Crippen LogP contribution is 2.27. The van der Waals surface area contributed by atoms with E-state index in [-0.39, 0.29) is 12.6 Å². The summed E-state index contributed by atoms with van der Waals surface area (Å²) >= 11 is 0. The zero-order valence-corrected chi connectivity index (χ0v) is 10.3. The first kappa shape index (κ1) is 13.5. The number of aryl methyl sites for hydroxylation is 1.